The van der Waals surface area contributed by atoms with Gasteiger partial charge in [-0.25, -0.2) is 4.99 Å². The number of thioether (sulfide) groups is 1. The number of ether oxygens (including phenoxy) is 1. The van der Waals surface area contributed by atoms with Crippen molar-refractivity contribution in [2.45, 2.75) is 37.5 Å². The molecule has 0 radical (unpaired) electrons. The van der Waals surface area contributed by atoms with E-state index in [9.17, 15) is 9.59 Å². The Hall–Kier alpha value is -3.16. The van der Waals surface area contributed by atoms with Gasteiger partial charge in [0.25, 0.3) is 0 Å². The largest absolute Gasteiger partial charge is 0.376 e. The average molecular weight is 474 g/mol. The lowest BCUT2D eigenvalue weighted by Gasteiger charge is -2.20. The van der Waals surface area contributed by atoms with E-state index in [2.05, 4.69) is 5.32 Å². The quantitative estimate of drug-likeness (QED) is 0.528. The second-order valence-corrected chi connectivity index (χ2v) is 9.90. The zero-order chi connectivity index (χ0) is 23.5. The minimum absolute atomic E-state index is 0.0120. The second-order valence-electron chi connectivity index (χ2n) is 8.73. The molecule has 2 atom stereocenters. The van der Waals surface area contributed by atoms with Gasteiger partial charge < -0.3 is 10.1 Å². The first kappa shape index (κ1) is 22.6. The average Bonchev–Trinajstić information content (AvgIpc) is 3.45. The molecule has 3 aromatic carbocycles. The fourth-order valence-corrected chi connectivity index (χ4v) is 5.43. The molecule has 2 amide bonds. The first-order valence-corrected chi connectivity index (χ1v) is 12.5. The Labute approximate surface area is 203 Å². The van der Waals surface area contributed by atoms with Gasteiger partial charge in [-0.15, -0.1) is 0 Å². The van der Waals surface area contributed by atoms with Gasteiger partial charge in [0.15, 0.2) is 5.17 Å². The number of hydrogen-bond donors (Lipinski definition) is 1. The fraction of sp³-hybridized carbons (Fsp3) is 0.296. The molecular formula is C27H27N3O3S. The van der Waals surface area contributed by atoms with Crippen molar-refractivity contribution in [2.24, 2.45) is 4.99 Å². The lowest BCUT2D eigenvalue weighted by Crippen LogP contribution is -2.38. The van der Waals surface area contributed by atoms with Gasteiger partial charge >= 0.3 is 0 Å². The van der Waals surface area contributed by atoms with Crippen LogP contribution in [0.2, 0.25) is 0 Å². The fourth-order valence-electron chi connectivity index (χ4n) is 4.26. The normalized spacial score (nSPS) is 21.5. The minimum Gasteiger partial charge on any atom is -0.376 e. The van der Waals surface area contributed by atoms with Crippen molar-refractivity contribution >= 4 is 50.9 Å². The summed E-state index contributed by atoms with van der Waals surface area (Å²) in [6, 6.07) is 21.7. The van der Waals surface area contributed by atoms with Crippen molar-refractivity contribution in [3.63, 3.8) is 0 Å². The first-order chi connectivity index (χ1) is 16.5. The summed E-state index contributed by atoms with van der Waals surface area (Å²) < 4.78 is 5.77. The van der Waals surface area contributed by atoms with Crippen LogP contribution in [0, 0.1) is 6.92 Å². The van der Waals surface area contributed by atoms with Gasteiger partial charge in [0.2, 0.25) is 11.8 Å². The number of rotatable bonds is 6. The van der Waals surface area contributed by atoms with Crippen LogP contribution in [-0.4, -0.2) is 46.4 Å². The van der Waals surface area contributed by atoms with Crippen LogP contribution in [0.15, 0.2) is 71.7 Å². The molecule has 0 aromatic heterocycles. The highest BCUT2D eigenvalue weighted by atomic mass is 32.2. The van der Waals surface area contributed by atoms with Crippen molar-refractivity contribution in [3.05, 3.63) is 72.3 Å². The SMILES string of the molecule is Cc1ccc(N=C2SC(CC(=O)Nc3ccc4ccccc4c3)C(=O)N2CC2CCCO2)cc1. The van der Waals surface area contributed by atoms with E-state index in [-0.39, 0.29) is 24.3 Å². The molecule has 3 aromatic rings. The molecule has 2 fully saturated rings. The van der Waals surface area contributed by atoms with E-state index in [1.807, 2.05) is 73.7 Å². The minimum atomic E-state index is -0.508. The van der Waals surface area contributed by atoms with Crippen molar-refractivity contribution in [1.29, 1.82) is 0 Å². The van der Waals surface area contributed by atoms with E-state index in [4.69, 9.17) is 9.73 Å². The lowest BCUT2D eigenvalue weighted by atomic mass is 10.1. The van der Waals surface area contributed by atoms with Crippen molar-refractivity contribution < 1.29 is 14.3 Å². The predicted octanol–water partition coefficient (Wildman–Crippen LogP) is 5.29. The molecule has 0 saturated carbocycles. The molecule has 6 nitrogen and oxygen atoms in total. The number of anilines is 1. The summed E-state index contributed by atoms with van der Waals surface area (Å²) in [6.07, 6.45) is 2.03. The number of carbonyl (C=O) groups excluding carboxylic acids is 2. The van der Waals surface area contributed by atoms with Gasteiger partial charge in [0, 0.05) is 18.7 Å². The predicted molar refractivity (Wildman–Crippen MR) is 138 cm³/mol. The van der Waals surface area contributed by atoms with Crippen molar-refractivity contribution in [3.8, 4) is 0 Å². The summed E-state index contributed by atoms with van der Waals surface area (Å²) >= 11 is 1.36. The Morgan fingerprint density at radius 3 is 2.68 bits per heavy atom. The van der Waals surface area contributed by atoms with E-state index in [0.717, 1.165) is 47.2 Å². The van der Waals surface area contributed by atoms with E-state index < -0.39 is 5.25 Å². The number of carbonyl (C=O) groups is 2. The molecule has 5 rings (SSSR count). The van der Waals surface area contributed by atoms with Crippen LogP contribution < -0.4 is 5.32 Å². The highest BCUT2D eigenvalue weighted by Crippen LogP contribution is 2.33. The van der Waals surface area contributed by atoms with Crippen LogP contribution in [0.25, 0.3) is 10.8 Å². The molecule has 0 aliphatic carbocycles. The maximum Gasteiger partial charge on any atom is 0.242 e. The standard InChI is InChI=1S/C27H27N3O3S/c1-18-8-11-21(12-9-18)29-27-30(17-23-7-4-14-33-23)26(32)24(34-27)16-25(31)28-22-13-10-19-5-2-3-6-20(19)15-22/h2-3,5-6,8-13,15,23-24H,4,7,14,16-17H2,1H3,(H,28,31). The second kappa shape index (κ2) is 9.99. The molecule has 0 spiro atoms. The van der Waals surface area contributed by atoms with Gasteiger partial charge in [-0.05, 0) is 54.8 Å². The van der Waals surface area contributed by atoms with Crippen LogP contribution in [0.1, 0.15) is 24.8 Å². The molecule has 34 heavy (non-hydrogen) atoms. The molecule has 2 saturated heterocycles. The topological polar surface area (TPSA) is 71.0 Å². The molecular weight excluding hydrogens is 446 g/mol. The van der Waals surface area contributed by atoms with Gasteiger partial charge in [-0.1, -0.05) is 59.8 Å². The van der Waals surface area contributed by atoms with Gasteiger partial charge in [-0.3, -0.25) is 14.5 Å². The van der Waals surface area contributed by atoms with Gasteiger partial charge in [0.1, 0.15) is 5.25 Å². The Morgan fingerprint density at radius 2 is 1.91 bits per heavy atom. The number of aryl methyl sites for hydroxylation is 1. The van der Waals surface area contributed by atoms with Crippen LogP contribution in [0.5, 0.6) is 0 Å². The molecule has 1 N–H and O–H groups in total. The van der Waals surface area contributed by atoms with E-state index in [0.29, 0.717) is 11.7 Å². The van der Waals surface area contributed by atoms with E-state index >= 15 is 0 Å². The number of amides is 2. The maximum absolute atomic E-state index is 13.3. The van der Waals surface area contributed by atoms with E-state index in [1.165, 1.54) is 11.8 Å². The Balaban J connectivity index is 1.31. The lowest BCUT2D eigenvalue weighted by molar-refractivity contribution is -0.129. The highest BCUT2D eigenvalue weighted by molar-refractivity contribution is 8.15. The molecule has 174 valence electrons. The molecule has 2 heterocycles. The van der Waals surface area contributed by atoms with E-state index in [1.54, 1.807) is 4.90 Å². The zero-order valence-electron chi connectivity index (χ0n) is 19.1. The third kappa shape index (κ3) is 5.16. The molecule has 7 heteroatoms. The smallest absolute Gasteiger partial charge is 0.242 e. The number of fused-ring (bicyclic) bond motifs is 1. The van der Waals surface area contributed by atoms with Gasteiger partial charge in [0.05, 0.1) is 18.3 Å². The number of hydrogen-bond acceptors (Lipinski definition) is 5. The third-order valence-electron chi connectivity index (χ3n) is 6.09. The molecule has 2 aliphatic heterocycles. The van der Waals surface area contributed by atoms with Crippen molar-refractivity contribution in [2.75, 3.05) is 18.5 Å². The number of nitrogens with one attached hydrogen (secondary N) is 1. The molecule has 2 unspecified atom stereocenters. The molecule has 2 aliphatic rings. The Bertz CT molecular complexity index is 1240. The summed E-state index contributed by atoms with van der Waals surface area (Å²) in [7, 11) is 0. The highest BCUT2D eigenvalue weighted by Gasteiger charge is 2.40. The summed E-state index contributed by atoms with van der Waals surface area (Å²) in [6.45, 7) is 3.22. The molecule has 0 bridgehead atoms. The third-order valence-corrected chi connectivity index (χ3v) is 7.27. The summed E-state index contributed by atoms with van der Waals surface area (Å²) in [5, 5.41) is 5.25. The Kier molecular flexibility index (Phi) is 6.65. The summed E-state index contributed by atoms with van der Waals surface area (Å²) in [4.78, 5) is 32.6. The summed E-state index contributed by atoms with van der Waals surface area (Å²) in [5.74, 6) is -0.269. The monoisotopic (exact) mass is 473 g/mol. The number of amidine groups is 1. The van der Waals surface area contributed by atoms with Crippen LogP contribution in [0.4, 0.5) is 11.4 Å². The summed E-state index contributed by atoms with van der Waals surface area (Å²) in [5.41, 5.74) is 2.67. The van der Waals surface area contributed by atoms with Gasteiger partial charge in [-0.2, -0.15) is 0 Å². The van der Waals surface area contributed by atoms with Crippen LogP contribution in [0.3, 0.4) is 0 Å². The number of benzene rings is 3. The Morgan fingerprint density at radius 1 is 1.12 bits per heavy atom. The first-order valence-electron chi connectivity index (χ1n) is 11.6. The number of nitrogens with zero attached hydrogens (tertiary/aromatic N) is 2. The maximum atomic E-state index is 13.3. The van der Waals surface area contributed by atoms with Crippen molar-refractivity contribution in [1.82, 2.24) is 4.90 Å². The zero-order valence-corrected chi connectivity index (χ0v) is 19.9. The van der Waals surface area contributed by atoms with Crippen LogP contribution >= 0.6 is 11.8 Å². The number of aliphatic imine (C=N–C) groups is 1. The van der Waals surface area contributed by atoms with Crippen LogP contribution in [-0.2, 0) is 14.3 Å².